The number of hydrogen-bond acceptors (Lipinski definition) is 5. The van der Waals surface area contributed by atoms with Crippen LogP contribution in [0.1, 0.15) is 24.2 Å². The molecule has 2 unspecified atom stereocenters. The molecule has 2 atom stereocenters. The molecule has 0 radical (unpaired) electrons. The monoisotopic (exact) mass is 296 g/mol. The van der Waals surface area contributed by atoms with Crippen molar-refractivity contribution in [1.82, 2.24) is 4.90 Å². The van der Waals surface area contributed by atoms with Gasteiger partial charge < -0.3 is 20.3 Å². The molecule has 1 aromatic carbocycles. The van der Waals surface area contributed by atoms with Gasteiger partial charge in [-0.3, -0.25) is 4.90 Å². The first-order chi connectivity index (χ1) is 10.1. The van der Waals surface area contributed by atoms with Crippen LogP contribution in [0.5, 0.6) is 0 Å². The standard InChI is InChI=1S/C16H28N2O3/c1-13(12-21-3)18(8-9-20-2)11-16(19)15-6-4-14(10-17)5-7-15/h4-7,13,16,19H,8-12,17H2,1-3H3. The zero-order valence-corrected chi connectivity index (χ0v) is 13.3. The van der Waals surface area contributed by atoms with Crippen LogP contribution >= 0.6 is 0 Å². The fraction of sp³-hybridized carbons (Fsp3) is 0.625. The lowest BCUT2D eigenvalue weighted by Gasteiger charge is -2.30. The minimum absolute atomic E-state index is 0.225. The van der Waals surface area contributed by atoms with Crippen LogP contribution in [0.2, 0.25) is 0 Å². The van der Waals surface area contributed by atoms with Gasteiger partial charge >= 0.3 is 0 Å². The second-order valence-corrected chi connectivity index (χ2v) is 5.25. The fourth-order valence-electron chi connectivity index (χ4n) is 2.25. The van der Waals surface area contributed by atoms with E-state index >= 15 is 0 Å². The molecule has 0 bridgehead atoms. The van der Waals surface area contributed by atoms with E-state index in [0.29, 0.717) is 26.3 Å². The van der Waals surface area contributed by atoms with Crippen molar-refractivity contribution in [3.8, 4) is 0 Å². The van der Waals surface area contributed by atoms with Gasteiger partial charge in [-0.05, 0) is 18.1 Å². The first kappa shape index (κ1) is 18.1. The van der Waals surface area contributed by atoms with E-state index in [4.69, 9.17) is 15.2 Å². The number of rotatable bonds is 10. The molecule has 120 valence electrons. The smallest absolute Gasteiger partial charge is 0.0917 e. The third kappa shape index (κ3) is 6.11. The van der Waals surface area contributed by atoms with Crippen molar-refractivity contribution in [3.63, 3.8) is 0 Å². The summed E-state index contributed by atoms with van der Waals surface area (Å²) >= 11 is 0. The van der Waals surface area contributed by atoms with E-state index in [9.17, 15) is 5.11 Å². The molecule has 0 fully saturated rings. The predicted molar refractivity (Wildman–Crippen MR) is 84.1 cm³/mol. The average molecular weight is 296 g/mol. The minimum atomic E-state index is -0.534. The maximum atomic E-state index is 10.4. The molecule has 0 heterocycles. The van der Waals surface area contributed by atoms with Gasteiger partial charge in [-0.15, -0.1) is 0 Å². The van der Waals surface area contributed by atoms with Crippen molar-refractivity contribution in [2.75, 3.05) is 40.5 Å². The summed E-state index contributed by atoms with van der Waals surface area (Å²) in [7, 11) is 3.37. The van der Waals surface area contributed by atoms with Gasteiger partial charge in [0.15, 0.2) is 0 Å². The van der Waals surface area contributed by atoms with Crippen LogP contribution in [0.4, 0.5) is 0 Å². The molecule has 3 N–H and O–H groups in total. The van der Waals surface area contributed by atoms with Crippen LogP contribution in [0.25, 0.3) is 0 Å². The summed E-state index contributed by atoms with van der Waals surface area (Å²) in [5.74, 6) is 0. The molecule has 0 aliphatic carbocycles. The lowest BCUT2D eigenvalue weighted by atomic mass is 10.1. The Labute approximate surface area is 127 Å². The summed E-state index contributed by atoms with van der Waals surface area (Å²) in [4.78, 5) is 2.18. The van der Waals surface area contributed by atoms with E-state index in [1.807, 2.05) is 24.3 Å². The molecule has 0 saturated heterocycles. The van der Waals surface area contributed by atoms with Gasteiger partial charge in [-0.25, -0.2) is 0 Å². The molecular weight excluding hydrogens is 268 g/mol. The van der Waals surface area contributed by atoms with Crippen molar-refractivity contribution in [1.29, 1.82) is 0 Å². The Hall–Kier alpha value is -0.980. The largest absolute Gasteiger partial charge is 0.387 e. The summed E-state index contributed by atoms with van der Waals surface area (Å²) < 4.78 is 10.3. The molecule has 0 spiro atoms. The SMILES string of the molecule is COCCN(CC(O)c1ccc(CN)cc1)C(C)COC. The van der Waals surface area contributed by atoms with Gasteiger partial charge in [0.1, 0.15) is 0 Å². The van der Waals surface area contributed by atoms with Crippen LogP contribution in [0.3, 0.4) is 0 Å². The maximum absolute atomic E-state index is 10.4. The second kappa shape index (κ2) is 9.87. The van der Waals surface area contributed by atoms with Crippen molar-refractivity contribution in [2.24, 2.45) is 5.73 Å². The molecule has 1 rings (SSSR count). The number of aliphatic hydroxyl groups is 1. The number of hydrogen-bond donors (Lipinski definition) is 2. The lowest BCUT2D eigenvalue weighted by molar-refractivity contribution is 0.0386. The summed E-state index contributed by atoms with van der Waals surface area (Å²) in [6.07, 6.45) is -0.534. The lowest BCUT2D eigenvalue weighted by Crippen LogP contribution is -2.41. The van der Waals surface area contributed by atoms with E-state index < -0.39 is 6.10 Å². The van der Waals surface area contributed by atoms with Gasteiger partial charge in [-0.2, -0.15) is 0 Å². The van der Waals surface area contributed by atoms with Crippen molar-refractivity contribution >= 4 is 0 Å². The third-order valence-corrected chi connectivity index (χ3v) is 3.62. The molecule has 21 heavy (non-hydrogen) atoms. The highest BCUT2D eigenvalue weighted by atomic mass is 16.5. The van der Waals surface area contributed by atoms with E-state index in [0.717, 1.165) is 17.7 Å². The van der Waals surface area contributed by atoms with Gasteiger partial charge in [-0.1, -0.05) is 24.3 Å². The molecule has 5 nitrogen and oxygen atoms in total. The number of aliphatic hydroxyl groups excluding tert-OH is 1. The number of nitrogens with zero attached hydrogens (tertiary/aromatic N) is 1. The first-order valence-corrected chi connectivity index (χ1v) is 7.31. The Kier molecular flexibility index (Phi) is 8.49. The molecule has 0 aromatic heterocycles. The minimum Gasteiger partial charge on any atom is -0.387 e. The highest BCUT2D eigenvalue weighted by Crippen LogP contribution is 2.16. The van der Waals surface area contributed by atoms with E-state index in [2.05, 4.69) is 11.8 Å². The van der Waals surface area contributed by atoms with Crippen LogP contribution in [0, 0.1) is 0 Å². The number of methoxy groups -OCH3 is 2. The van der Waals surface area contributed by atoms with Crippen LogP contribution in [-0.4, -0.2) is 56.6 Å². The fourth-order valence-corrected chi connectivity index (χ4v) is 2.25. The first-order valence-electron chi connectivity index (χ1n) is 7.31. The molecule has 0 amide bonds. The summed E-state index contributed by atoms with van der Waals surface area (Å²) in [5, 5.41) is 10.4. The van der Waals surface area contributed by atoms with Crippen molar-refractivity contribution in [2.45, 2.75) is 25.6 Å². The summed E-state index contributed by atoms with van der Waals surface area (Å²) in [6.45, 7) is 5.18. The van der Waals surface area contributed by atoms with Gasteiger partial charge in [0.05, 0.1) is 19.3 Å². The van der Waals surface area contributed by atoms with E-state index in [-0.39, 0.29) is 6.04 Å². The average Bonchev–Trinajstić information content (AvgIpc) is 2.51. The van der Waals surface area contributed by atoms with Gasteiger partial charge in [0.2, 0.25) is 0 Å². The Bertz CT molecular complexity index is 384. The maximum Gasteiger partial charge on any atom is 0.0917 e. The highest BCUT2D eigenvalue weighted by Gasteiger charge is 2.18. The molecule has 1 aromatic rings. The molecule has 0 saturated carbocycles. The zero-order valence-electron chi connectivity index (χ0n) is 13.3. The van der Waals surface area contributed by atoms with E-state index in [1.165, 1.54) is 0 Å². The second-order valence-electron chi connectivity index (χ2n) is 5.25. The van der Waals surface area contributed by atoms with Crippen LogP contribution in [0.15, 0.2) is 24.3 Å². The molecule has 0 aliphatic heterocycles. The van der Waals surface area contributed by atoms with E-state index in [1.54, 1.807) is 14.2 Å². The van der Waals surface area contributed by atoms with Gasteiger partial charge in [0.25, 0.3) is 0 Å². The van der Waals surface area contributed by atoms with Crippen molar-refractivity contribution in [3.05, 3.63) is 35.4 Å². The molecule has 0 aliphatic rings. The quantitative estimate of drug-likeness (QED) is 0.678. The summed E-state index contributed by atoms with van der Waals surface area (Å²) in [5.41, 5.74) is 7.55. The normalized spacial score (nSPS) is 14.4. The number of benzene rings is 1. The Morgan fingerprint density at radius 3 is 2.38 bits per heavy atom. The predicted octanol–water partition coefficient (Wildman–Crippen LogP) is 1.16. The molecular formula is C16H28N2O3. The molecule has 5 heteroatoms. The number of ether oxygens (including phenoxy) is 2. The topological polar surface area (TPSA) is 68.0 Å². The number of nitrogens with two attached hydrogens (primary N) is 1. The van der Waals surface area contributed by atoms with Crippen LogP contribution < -0.4 is 5.73 Å². The Morgan fingerprint density at radius 2 is 1.86 bits per heavy atom. The Morgan fingerprint density at radius 1 is 1.19 bits per heavy atom. The third-order valence-electron chi connectivity index (χ3n) is 3.62. The summed E-state index contributed by atoms with van der Waals surface area (Å²) in [6, 6.07) is 8.00. The highest BCUT2D eigenvalue weighted by molar-refractivity contribution is 5.24. The van der Waals surface area contributed by atoms with Crippen LogP contribution in [-0.2, 0) is 16.0 Å². The zero-order chi connectivity index (χ0) is 15.7. The van der Waals surface area contributed by atoms with Crippen molar-refractivity contribution < 1.29 is 14.6 Å². The van der Waals surface area contributed by atoms with Gasteiger partial charge in [0, 0.05) is 39.9 Å². The Balaban J connectivity index is 2.66.